The van der Waals surface area contributed by atoms with Gasteiger partial charge in [-0.3, -0.25) is 0 Å². The topological polar surface area (TPSA) is 90.9 Å². The molecule has 1 aromatic heterocycles. The highest BCUT2D eigenvalue weighted by Crippen LogP contribution is 2.70. The van der Waals surface area contributed by atoms with Gasteiger partial charge in [0.05, 0.1) is 24.1 Å². The van der Waals surface area contributed by atoms with E-state index in [2.05, 4.69) is 13.8 Å². The molecule has 0 radical (unpaired) electrons. The molecule has 4 saturated carbocycles. The van der Waals surface area contributed by atoms with Crippen LogP contribution in [-0.2, 0) is 0 Å². The van der Waals surface area contributed by atoms with E-state index in [1.165, 1.54) is 12.3 Å². The Morgan fingerprint density at radius 2 is 1.79 bits per heavy atom. The summed E-state index contributed by atoms with van der Waals surface area (Å²) in [6.45, 7) is 4.51. The molecule has 0 aromatic carbocycles. The fraction of sp³-hybridized carbons (Fsp3) is 0.792. The van der Waals surface area contributed by atoms with Crippen LogP contribution in [0.1, 0.15) is 76.7 Å². The van der Waals surface area contributed by atoms with Gasteiger partial charge in [-0.15, -0.1) is 0 Å². The number of hydrogen-bond donors (Lipinski definition) is 3. The maximum atomic E-state index is 12.2. The molecule has 3 N–H and O–H groups in total. The monoisotopic (exact) mass is 402 g/mol. The molecule has 0 aliphatic heterocycles. The molecule has 4 aliphatic carbocycles. The lowest BCUT2D eigenvalue weighted by Crippen LogP contribution is -2.65. The molecular weight excluding hydrogens is 368 g/mol. The van der Waals surface area contributed by atoms with E-state index in [9.17, 15) is 20.1 Å². The summed E-state index contributed by atoms with van der Waals surface area (Å²) in [6.07, 6.45) is 7.64. The molecular formula is C24H34O5. The lowest BCUT2D eigenvalue weighted by Gasteiger charge is -2.64. The molecule has 160 valence electrons. The Morgan fingerprint density at radius 3 is 2.52 bits per heavy atom. The van der Waals surface area contributed by atoms with Crippen molar-refractivity contribution in [2.24, 2.45) is 28.6 Å². The van der Waals surface area contributed by atoms with Gasteiger partial charge in [-0.25, -0.2) is 4.79 Å². The molecule has 1 heterocycles. The lowest BCUT2D eigenvalue weighted by atomic mass is 9.43. The highest BCUT2D eigenvalue weighted by Gasteiger charge is 2.70. The summed E-state index contributed by atoms with van der Waals surface area (Å²) in [7, 11) is 0. The Balaban J connectivity index is 1.52. The molecule has 29 heavy (non-hydrogen) atoms. The Morgan fingerprint density at radius 1 is 1.00 bits per heavy atom. The summed E-state index contributed by atoms with van der Waals surface area (Å²) in [5.74, 6) is 0.951. The van der Waals surface area contributed by atoms with Crippen molar-refractivity contribution in [3.05, 3.63) is 34.4 Å². The number of aliphatic hydroxyl groups excluding tert-OH is 2. The summed E-state index contributed by atoms with van der Waals surface area (Å²) in [5, 5.41) is 33.6. The molecule has 5 nitrogen and oxygen atoms in total. The van der Waals surface area contributed by atoms with Crippen molar-refractivity contribution in [1.29, 1.82) is 0 Å². The van der Waals surface area contributed by atoms with E-state index in [0.29, 0.717) is 18.3 Å². The summed E-state index contributed by atoms with van der Waals surface area (Å²) >= 11 is 0. The maximum Gasteiger partial charge on any atom is 0.335 e. The standard InChI is InChI=1S/C24H34O5/c1-22-9-7-16(25)11-15(22)4-5-18-17(22)8-10-23(2)19(12-20(26)24(18,23)28)14-3-6-21(27)29-13-14/h3,6,13,15-20,25-26,28H,4-5,7-12H2,1-2H3/t15-,16+,17+,18-,19-,20-,22+,23-,24-/m1/s1. The zero-order valence-electron chi connectivity index (χ0n) is 17.5. The van der Waals surface area contributed by atoms with Crippen LogP contribution in [0.15, 0.2) is 27.6 Å². The Labute approximate surface area is 172 Å². The second-order valence-corrected chi connectivity index (χ2v) is 10.9. The molecule has 0 bridgehead atoms. The van der Waals surface area contributed by atoms with Gasteiger partial charge in [-0.05, 0) is 92.1 Å². The van der Waals surface area contributed by atoms with E-state index in [0.717, 1.165) is 50.5 Å². The first-order valence-corrected chi connectivity index (χ1v) is 11.4. The Bertz CT molecular complexity index is 829. The molecule has 9 atom stereocenters. The quantitative estimate of drug-likeness (QED) is 0.671. The highest BCUT2D eigenvalue weighted by atomic mass is 16.4. The van der Waals surface area contributed by atoms with Crippen LogP contribution in [0.2, 0.25) is 0 Å². The smallest absolute Gasteiger partial charge is 0.335 e. The number of fused-ring (bicyclic) bond motifs is 5. The van der Waals surface area contributed by atoms with Gasteiger partial charge in [0.25, 0.3) is 0 Å². The fourth-order valence-electron chi connectivity index (χ4n) is 8.33. The van der Waals surface area contributed by atoms with Crippen molar-refractivity contribution in [2.75, 3.05) is 0 Å². The lowest BCUT2D eigenvalue weighted by molar-refractivity contribution is -0.233. The molecule has 0 amide bonds. The predicted octanol–water partition coefficient (Wildman–Crippen LogP) is 3.21. The van der Waals surface area contributed by atoms with Crippen LogP contribution in [0.4, 0.5) is 0 Å². The minimum atomic E-state index is -1.12. The average molecular weight is 403 g/mol. The summed E-state index contributed by atoms with van der Waals surface area (Å²) < 4.78 is 5.12. The molecule has 4 aliphatic rings. The Kier molecular flexibility index (Phi) is 4.37. The third kappa shape index (κ3) is 2.53. The van der Waals surface area contributed by atoms with Crippen molar-refractivity contribution < 1.29 is 19.7 Å². The van der Waals surface area contributed by atoms with Crippen molar-refractivity contribution in [1.82, 2.24) is 0 Å². The van der Waals surface area contributed by atoms with Gasteiger partial charge in [-0.2, -0.15) is 0 Å². The normalized spacial score (nSPS) is 51.8. The minimum absolute atomic E-state index is 0.0218. The van der Waals surface area contributed by atoms with Gasteiger partial charge < -0.3 is 19.7 Å². The molecule has 1 aromatic rings. The van der Waals surface area contributed by atoms with Crippen molar-refractivity contribution in [3.8, 4) is 0 Å². The van der Waals surface area contributed by atoms with E-state index >= 15 is 0 Å². The van der Waals surface area contributed by atoms with Gasteiger partial charge in [0.15, 0.2) is 0 Å². The maximum absolute atomic E-state index is 12.2. The fourth-order valence-corrected chi connectivity index (χ4v) is 8.33. The predicted molar refractivity (Wildman–Crippen MR) is 108 cm³/mol. The Hall–Kier alpha value is -1.17. The van der Waals surface area contributed by atoms with Crippen LogP contribution in [0.5, 0.6) is 0 Å². The highest BCUT2D eigenvalue weighted by molar-refractivity contribution is 5.29. The first kappa shape index (κ1) is 19.8. The van der Waals surface area contributed by atoms with E-state index in [4.69, 9.17) is 4.42 Å². The van der Waals surface area contributed by atoms with E-state index in [1.807, 2.05) is 0 Å². The van der Waals surface area contributed by atoms with E-state index < -0.39 is 17.1 Å². The largest absolute Gasteiger partial charge is 0.431 e. The van der Waals surface area contributed by atoms with Crippen LogP contribution in [0.25, 0.3) is 0 Å². The van der Waals surface area contributed by atoms with Crippen LogP contribution in [0, 0.1) is 28.6 Å². The van der Waals surface area contributed by atoms with Crippen LogP contribution < -0.4 is 5.63 Å². The second kappa shape index (κ2) is 6.41. The number of aliphatic hydroxyl groups is 3. The second-order valence-electron chi connectivity index (χ2n) is 10.9. The zero-order valence-corrected chi connectivity index (χ0v) is 17.5. The number of hydrogen-bond acceptors (Lipinski definition) is 5. The van der Waals surface area contributed by atoms with Crippen LogP contribution in [0.3, 0.4) is 0 Å². The van der Waals surface area contributed by atoms with Gasteiger partial charge >= 0.3 is 5.63 Å². The molecule has 0 spiro atoms. The molecule has 5 rings (SSSR count). The average Bonchev–Trinajstić information content (AvgIpc) is 2.90. The number of rotatable bonds is 1. The minimum Gasteiger partial charge on any atom is -0.431 e. The van der Waals surface area contributed by atoms with Crippen LogP contribution in [-0.4, -0.2) is 33.1 Å². The van der Waals surface area contributed by atoms with Crippen LogP contribution >= 0.6 is 0 Å². The SMILES string of the molecule is C[C@]12CC[C@H](O)C[C@H]1CC[C@@H]1[C@@H]2CC[C@]2(C)[C@@H](c3ccc(=O)oc3)C[C@@H](O)[C@]12O. The van der Waals surface area contributed by atoms with Gasteiger partial charge in [0, 0.05) is 11.5 Å². The zero-order chi connectivity index (χ0) is 20.6. The summed E-state index contributed by atoms with van der Waals surface area (Å²) in [4.78, 5) is 11.4. The first-order valence-electron chi connectivity index (χ1n) is 11.4. The van der Waals surface area contributed by atoms with Crippen molar-refractivity contribution >= 4 is 0 Å². The van der Waals surface area contributed by atoms with E-state index in [-0.39, 0.29) is 29.0 Å². The third-order valence-corrected chi connectivity index (χ3v) is 9.98. The third-order valence-electron chi connectivity index (χ3n) is 9.98. The van der Waals surface area contributed by atoms with E-state index in [1.54, 1.807) is 6.07 Å². The first-order chi connectivity index (χ1) is 13.7. The molecule has 4 fully saturated rings. The molecule has 0 unspecified atom stereocenters. The summed E-state index contributed by atoms with van der Waals surface area (Å²) in [5.41, 5.74) is -0.897. The van der Waals surface area contributed by atoms with Crippen molar-refractivity contribution in [2.45, 2.75) is 88.9 Å². The van der Waals surface area contributed by atoms with Gasteiger partial charge in [0.2, 0.25) is 0 Å². The van der Waals surface area contributed by atoms with Gasteiger partial charge in [0.1, 0.15) is 0 Å². The molecule has 0 saturated heterocycles. The van der Waals surface area contributed by atoms with Gasteiger partial charge in [-0.1, -0.05) is 13.8 Å². The van der Waals surface area contributed by atoms with Crippen molar-refractivity contribution in [3.63, 3.8) is 0 Å². The summed E-state index contributed by atoms with van der Waals surface area (Å²) in [6, 6.07) is 3.24. The molecule has 5 heteroatoms.